The fraction of sp³-hybridized carbons (Fsp3) is 0. The third-order valence-corrected chi connectivity index (χ3v) is 11.6. The van der Waals surface area contributed by atoms with Crippen LogP contribution in [0.15, 0.2) is 224 Å². The van der Waals surface area contributed by atoms with Crippen molar-refractivity contribution in [1.82, 2.24) is 0 Å². The summed E-state index contributed by atoms with van der Waals surface area (Å²) in [5.74, 6) is 0. The first-order chi connectivity index (χ1) is 28.3. The number of benzene rings is 11. The molecule has 0 spiro atoms. The topological polar surface area (TPSA) is 3.24 Å². The van der Waals surface area contributed by atoms with Crippen LogP contribution in [0.1, 0.15) is 0 Å². The molecule has 11 aromatic rings. The van der Waals surface area contributed by atoms with Crippen molar-refractivity contribution in [2.24, 2.45) is 0 Å². The van der Waals surface area contributed by atoms with Gasteiger partial charge < -0.3 is 4.90 Å². The first-order valence-electron chi connectivity index (χ1n) is 19.7. The number of hydrogen-bond acceptors (Lipinski definition) is 1. The van der Waals surface area contributed by atoms with E-state index in [0.29, 0.717) is 0 Å². The number of rotatable bonds is 6. The zero-order chi connectivity index (χ0) is 37.7. The molecule has 0 aliphatic rings. The van der Waals surface area contributed by atoms with Crippen LogP contribution in [0.5, 0.6) is 0 Å². The average molecular weight is 724 g/mol. The van der Waals surface area contributed by atoms with Gasteiger partial charge in [0.2, 0.25) is 0 Å². The van der Waals surface area contributed by atoms with E-state index in [2.05, 4.69) is 229 Å². The molecule has 0 unspecified atom stereocenters. The van der Waals surface area contributed by atoms with Gasteiger partial charge in [-0.05, 0) is 136 Å². The first-order valence-corrected chi connectivity index (χ1v) is 19.7. The lowest BCUT2D eigenvalue weighted by atomic mass is 9.91. The molecule has 11 rings (SSSR count). The number of hydrogen-bond donors (Lipinski definition) is 0. The van der Waals surface area contributed by atoms with Gasteiger partial charge in [0.15, 0.2) is 0 Å². The second-order valence-corrected chi connectivity index (χ2v) is 14.9. The van der Waals surface area contributed by atoms with Crippen LogP contribution < -0.4 is 4.90 Å². The Balaban J connectivity index is 1.09. The molecular formula is C56H37N. The summed E-state index contributed by atoms with van der Waals surface area (Å²) in [7, 11) is 0. The second kappa shape index (κ2) is 13.7. The van der Waals surface area contributed by atoms with E-state index in [1.807, 2.05) is 0 Å². The molecule has 0 aliphatic heterocycles. The summed E-state index contributed by atoms with van der Waals surface area (Å²) < 4.78 is 0. The van der Waals surface area contributed by atoms with Crippen molar-refractivity contribution < 1.29 is 0 Å². The minimum atomic E-state index is 1.10. The Morgan fingerprint density at radius 3 is 1.40 bits per heavy atom. The Morgan fingerprint density at radius 2 is 0.702 bits per heavy atom. The molecule has 0 aromatic heterocycles. The van der Waals surface area contributed by atoms with E-state index < -0.39 is 0 Å². The molecule has 11 aromatic carbocycles. The fourth-order valence-corrected chi connectivity index (χ4v) is 8.90. The lowest BCUT2D eigenvalue weighted by Gasteiger charge is -2.27. The molecule has 0 radical (unpaired) electrons. The van der Waals surface area contributed by atoms with Crippen molar-refractivity contribution in [3.8, 4) is 33.4 Å². The van der Waals surface area contributed by atoms with E-state index in [4.69, 9.17) is 0 Å². The monoisotopic (exact) mass is 723 g/mol. The second-order valence-electron chi connectivity index (χ2n) is 14.9. The van der Waals surface area contributed by atoms with Crippen LogP contribution in [-0.2, 0) is 0 Å². The predicted octanol–water partition coefficient (Wildman–Crippen LogP) is 15.9. The third kappa shape index (κ3) is 5.72. The molecule has 0 bridgehead atoms. The summed E-state index contributed by atoms with van der Waals surface area (Å²) in [6, 6.07) is 82.1. The third-order valence-electron chi connectivity index (χ3n) is 11.6. The zero-order valence-corrected chi connectivity index (χ0v) is 31.3. The van der Waals surface area contributed by atoms with Crippen molar-refractivity contribution in [2.75, 3.05) is 4.90 Å². The maximum atomic E-state index is 2.40. The molecule has 0 saturated heterocycles. The highest BCUT2D eigenvalue weighted by molar-refractivity contribution is 6.21. The lowest BCUT2D eigenvalue weighted by molar-refractivity contribution is 1.28. The minimum absolute atomic E-state index is 1.10. The molecular weight excluding hydrogens is 687 g/mol. The van der Waals surface area contributed by atoms with Crippen molar-refractivity contribution >= 4 is 70.9 Å². The van der Waals surface area contributed by atoms with Crippen molar-refractivity contribution in [1.29, 1.82) is 0 Å². The molecule has 0 atom stereocenters. The van der Waals surface area contributed by atoms with Gasteiger partial charge in [0, 0.05) is 17.1 Å². The molecule has 0 fully saturated rings. The quantitative estimate of drug-likeness (QED) is 0.154. The molecule has 0 N–H and O–H groups in total. The van der Waals surface area contributed by atoms with Crippen LogP contribution in [0.4, 0.5) is 17.1 Å². The van der Waals surface area contributed by atoms with Crippen LogP contribution in [0.3, 0.4) is 0 Å². The van der Waals surface area contributed by atoms with Crippen LogP contribution in [0.25, 0.3) is 87.2 Å². The van der Waals surface area contributed by atoms with Gasteiger partial charge in [-0.1, -0.05) is 176 Å². The van der Waals surface area contributed by atoms with Gasteiger partial charge in [0.25, 0.3) is 0 Å². The van der Waals surface area contributed by atoms with Crippen LogP contribution in [-0.4, -0.2) is 0 Å². The van der Waals surface area contributed by atoms with Crippen LogP contribution in [0.2, 0.25) is 0 Å². The summed E-state index contributed by atoms with van der Waals surface area (Å²) in [4.78, 5) is 2.40. The van der Waals surface area contributed by atoms with Crippen molar-refractivity contribution in [3.05, 3.63) is 224 Å². The summed E-state index contributed by atoms with van der Waals surface area (Å²) in [6.07, 6.45) is 0. The Hall–Kier alpha value is -7.48. The Bertz CT molecular complexity index is 3290. The van der Waals surface area contributed by atoms with Gasteiger partial charge >= 0.3 is 0 Å². The highest BCUT2D eigenvalue weighted by Crippen LogP contribution is 2.43. The van der Waals surface area contributed by atoms with Gasteiger partial charge in [-0.2, -0.15) is 0 Å². The Labute approximate surface area is 332 Å². The van der Waals surface area contributed by atoms with Gasteiger partial charge in [0.1, 0.15) is 0 Å². The molecule has 0 aliphatic carbocycles. The van der Waals surface area contributed by atoms with Crippen molar-refractivity contribution in [3.63, 3.8) is 0 Å². The molecule has 0 heterocycles. The van der Waals surface area contributed by atoms with E-state index >= 15 is 0 Å². The molecule has 0 saturated carbocycles. The molecule has 266 valence electrons. The van der Waals surface area contributed by atoms with E-state index in [-0.39, 0.29) is 0 Å². The fourth-order valence-electron chi connectivity index (χ4n) is 8.90. The summed E-state index contributed by atoms with van der Waals surface area (Å²) >= 11 is 0. The Morgan fingerprint density at radius 1 is 0.211 bits per heavy atom. The molecule has 1 nitrogen and oxygen atoms in total. The van der Waals surface area contributed by atoms with E-state index in [0.717, 1.165) is 17.1 Å². The minimum Gasteiger partial charge on any atom is -0.310 e. The highest BCUT2D eigenvalue weighted by Gasteiger charge is 2.17. The Kier molecular flexibility index (Phi) is 7.89. The maximum absolute atomic E-state index is 2.40. The van der Waals surface area contributed by atoms with Crippen LogP contribution in [0, 0.1) is 0 Å². The van der Waals surface area contributed by atoms with Crippen molar-refractivity contribution in [2.45, 2.75) is 0 Å². The van der Waals surface area contributed by atoms with Gasteiger partial charge in [-0.3, -0.25) is 0 Å². The summed E-state index contributed by atoms with van der Waals surface area (Å²) in [5.41, 5.74) is 10.5. The van der Waals surface area contributed by atoms with E-state index in [1.165, 1.54) is 87.2 Å². The molecule has 57 heavy (non-hydrogen) atoms. The summed E-state index contributed by atoms with van der Waals surface area (Å²) in [5, 5.41) is 12.7. The SMILES string of the molecule is c1ccc(-c2cccc(N(c3ccc(-c4cc5ccccc5c5ccccc45)cc3)c3cccc(-c4cc5c6ccccc6ccc5c5ccccc45)c3)c2)cc1. The normalized spacial score (nSPS) is 11.5. The van der Waals surface area contributed by atoms with Gasteiger partial charge in [0.05, 0.1) is 0 Å². The van der Waals surface area contributed by atoms with E-state index in [9.17, 15) is 0 Å². The van der Waals surface area contributed by atoms with Crippen LogP contribution >= 0.6 is 0 Å². The van der Waals surface area contributed by atoms with Gasteiger partial charge in [-0.25, -0.2) is 0 Å². The standard InChI is InChI=1S/C56H37N/c1-2-14-38(15-3-1)41-18-12-20-45(34-41)57(44-31-28-40(29-32-44)54-36-43-17-5-7-23-48(43)49-24-8-10-26-51(49)54)46-21-13-19-42(35-46)55-37-56-47-22-6-4-16-39(47)30-33-53(56)50-25-9-11-27-52(50)55/h1-37H. The summed E-state index contributed by atoms with van der Waals surface area (Å²) in [6.45, 7) is 0. The molecule has 0 amide bonds. The first kappa shape index (κ1) is 32.9. The maximum Gasteiger partial charge on any atom is 0.0467 e. The number of nitrogens with zero attached hydrogens (tertiary/aromatic N) is 1. The van der Waals surface area contributed by atoms with Gasteiger partial charge in [-0.15, -0.1) is 0 Å². The lowest BCUT2D eigenvalue weighted by Crippen LogP contribution is -2.10. The predicted molar refractivity (Wildman–Crippen MR) is 245 cm³/mol. The average Bonchev–Trinajstić information content (AvgIpc) is 3.29. The molecule has 1 heteroatoms. The number of anilines is 3. The number of fused-ring (bicyclic) bond motifs is 8. The zero-order valence-electron chi connectivity index (χ0n) is 31.3. The van der Waals surface area contributed by atoms with E-state index in [1.54, 1.807) is 0 Å². The highest BCUT2D eigenvalue weighted by atomic mass is 15.1. The smallest absolute Gasteiger partial charge is 0.0467 e. The largest absolute Gasteiger partial charge is 0.310 e.